The van der Waals surface area contributed by atoms with E-state index < -0.39 is 17.9 Å². The zero-order valence-electron chi connectivity index (χ0n) is 14.9. The number of carbonyl (C=O) groups is 2. The molecule has 0 aliphatic carbocycles. The molecule has 0 unspecified atom stereocenters. The Morgan fingerprint density at radius 2 is 1.61 bits per heavy atom. The molecule has 0 bridgehead atoms. The van der Waals surface area contributed by atoms with Gasteiger partial charge in [0.1, 0.15) is 11.7 Å². The molecule has 3 N–H and O–H groups in total. The molecule has 138 valence electrons. The highest BCUT2D eigenvalue weighted by molar-refractivity contribution is 5.97. The van der Waals surface area contributed by atoms with Gasteiger partial charge in [0.2, 0.25) is 5.91 Å². The number of nitrogens with two attached hydrogens (primary N) is 1. The molecule has 0 aliphatic heterocycles. The van der Waals surface area contributed by atoms with Gasteiger partial charge >= 0.3 is 0 Å². The van der Waals surface area contributed by atoms with Crippen LogP contribution in [0.3, 0.4) is 0 Å². The summed E-state index contributed by atoms with van der Waals surface area (Å²) in [5.41, 5.74) is 8.44. The summed E-state index contributed by atoms with van der Waals surface area (Å²) in [5.74, 6) is -1.12. The molecule has 0 spiro atoms. The van der Waals surface area contributed by atoms with Crippen LogP contribution in [0.1, 0.15) is 16.2 Å². The van der Waals surface area contributed by atoms with Crippen LogP contribution in [0.2, 0.25) is 0 Å². The molecule has 2 aromatic carbocycles. The molecule has 0 aliphatic rings. The Morgan fingerprint density at radius 1 is 0.893 bits per heavy atom. The highest BCUT2D eigenvalue weighted by Crippen LogP contribution is 2.13. The quantitative estimate of drug-likeness (QED) is 0.557. The number of nitrogens with zero attached hydrogens (tertiary/aromatic N) is 3. The van der Waals surface area contributed by atoms with Crippen molar-refractivity contribution in [1.82, 2.24) is 20.3 Å². The minimum absolute atomic E-state index is 0.145. The van der Waals surface area contributed by atoms with Crippen LogP contribution < -0.4 is 11.1 Å². The van der Waals surface area contributed by atoms with E-state index in [1.807, 2.05) is 54.6 Å². The largest absolute Gasteiger partial charge is 0.368 e. The summed E-state index contributed by atoms with van der Waals surface area (Å²) in [6.07, 6.45) is 1.73. The highest BCUT2D eigenvalue weighted by atomic mass is 16.2. The van der Waals surface area contributed by atoms with Gasteiger partial charge in [-0.05, 0) is 24.3 Å². The minimum atomic E-state index is -0.920. The summed E-state index contributed by atoms with van der Waals surface area (Å²) >= 11 is 0. The Hall–Kier alpha value is -3.87. The van der Waals surface area contributed by atoms with Crippen LogP contribution in [0.5, 0.6) is 0 Å². The second-order valence-corrected chi connectivity index (χ2v) is 6.37. The number of hydrogen-bond donors (Lipinski definition) is 2. The molecule has 0 fully saturated rings. The first-order chi connectivity index (χ1) is 13.6. The summed E-state index contributed by atoms with van der Waals surface area (Å²) in [7, 11) is 0. The topological polar surface area (TPSA) is 111 Å². The van der Waals surface area contributed by atoms with Gasteiger partial charge in [-0.2, -0.15) is 0 Å². The first kappa shape index (κ1) is 17.5. The maximum Gasteiger partial charge on any atom is 0.270 e. The summed E-state index contributed by atoms with van der Waals surface area (Å²) in [6, 6.07) is 17.4. The van der Waals surface area contributed by atoms with Crippen LogP contribution in [0.4, 0.5) is 0 Å². The molecule has 0 saturated carbocycles. The fourth-order valence-corrected chi connectivity index (χ4v) is 2.95. The number of aromatic nitrogens is 3. The van der Waals surface area contributed by atoms with Gasteiger partial charge < -0.3 is 11.1 Å². The number of para-hydroxylation sites is 3. The molecule has 4 aromatic rings. The summed E-state index contributed by atoms with van der Waals surface area (Å²) in [4.78, 5) is 37.6. The molecule has 2 amide bonds. The molecule has 7 heteroatoms. The first-order valence-corrected chi connectivity index (χ1v) is 8.77. The summed E-state index contributed by atoms with van der Waals surface area (Å²) in [6.45, 7) is 0. The Kier molecular flexibility index (Phi) is 4.63. The van der Waals surface area contributed by atoms with Crippen LogP contribution >= 0.6 is 0 Å². The number of amides is 2. The monoisotopic (exact) mass is 371 g/mol. The molecular formula is C21H17N5O2. The Morgan fingerprint density at radius 3 is 2.39 bits per heavy atom. The van der Waals surface area contributed by atoms with E-state index in [0.29, 0.717) is 16.7 Å². The average Bonchev–Trinajstić information content (AvgIpc) is 2.72. The third kappa shape index (κ3) is 3.64. The fourth-order valence-electron chi connectivity index (χ4n) is 2.95. The van der Waals surface area contributed by atoms with E-state index in [1.165, 1.54) is 0 Å². The van der Waals surface area contributed by atoms with E-state index in [9.17, 15) is 9.59 Å². The SMILES string of the molecule is NC(=O)[C@H](Cc1cnc2ccccc2n1)NC(=O)c1ccc2ccccc2n1. The molecule has 7 nitrogen and oxygen atoms in total. The number of primary amides is 1. The van der Waals surface area contributed by atoms with Gasteiger partial charge in [-0.3, -0.25) is 14.6 Å². The first-order valence-electron chi connectivity index (χ1n) is 8.77. The molecule has 1 atom stereocenters. The number of rotatable bonds is 5. The maximum atomic E-state index is 12.6. The predicted molar refractivity (Wildman–Crippen MR) is 105 cm³/mol. The normalized spacial score (nSPS) is 12.0. The lowest BCUT2D eigenvalue weighted by molar-refractivity contribution is -0.119. The molecular weight excluding hydrogens is 354 g/mol. The van der Waals surface area contributed by atoms with E-state index in [4.69, 9.17) is 5.73 Å². The lowest BCUT2D eigenvalue weighted by atomic mass is 10.1. The summed E-state index contributed by atoms with van der Waals surface area (Å²) < 4.78 is 0. The van der Waals surface area contributed by atoms with Crippen molar-refractivity contribution in [1.29, 1.82) is 0 Å². The van der Waals surface area contributed by atoms with E-state index in [1.54, 1.807) is 12.3 Å². The second kappa shape index (κ2) is 7.40. The smallest absolute Gasteiger partial charge is 0.270 e. The van der Waals surface area contributed by atoms with Crippen molar-refractivity contribution >= 4 is 33.8 Å². The van der Waals surface area contributed by atoms with Gasteiger partial charge in [-0.1, -0.05) is 36.4 Å². The third-order valence-electron chi connectivity index (χ3n) is 4.39. The van der Waals surface area contributed by atoms with Gasteiger partial charge in [0.05, 0.1) is 22.2 Å². The average molecular weight is 371 g/mol. The molecule has 0 saturated heterocycles. The van der Waals surface area contributed by atoms with Crippen LogP contribution in [-0.4, -0.2) is 32.8 Å². The number of fused-ring (bicyclic) bond motifs is 2. The van der Waals surface area contributed by atoms with Crippen LogP contribution in [0, 0.1) is 0 Å². The van der Waals surface area contributed by atoms with E-state index >= 15 is 0 Å². The van der Waals surface area contributed by atoms with Crippen LogP contribution in [0.25, 0.3) is 21.9 Å². The third-order valence-corrected chi connectivity index (χ3v) is 4.39. The zero-order valence-corrected chi connectivity index (χ0v) is 14.9. The van der Waals surface area contributed by atoms with Crippen molar-refractivity contribution in [2.75, 3.05) is 0 Å². The maximum absolute atomic E-state index is 12.6. The highest BCUT2D eigenvalue weighted by Gasteiger charge is 2.21. The van der Waals surface area contributed by atoms with E-state index in [2.05, 4.69) is 20.3 Å². The zero-order chi connectivity index (χ0) is 19.5. The predicted octanol–water partition coefficient (Wildman–Crippen LogP) is 2.00. The number of hydrogen-bond acceptors (Lipinski definition) is 5. The van der Waals surface area contributed by atoms with Gasteiger partial charge in [0, 0.05) is 18.0 Å². The van der Waals surface area contributed by atoms with E-state index in [-0.39, 0.29) is 12.1 Å². The minimum Gasteiger partial charge on any atom is -0.368 e. The lowest BCUT2D eigenvalue weighted by Gasteiger charge is -2.15. The van der Waals surface area contributed by atoms with Gasteiger partial charge in [-0.25, -0.2) is 9.97 Å². The van der Waals surface area contributed by atoms with Gasteiger partial charge in [-0.15, -0.1) is 0 Å². The number of pyridine rings is 1. The molecule has 2 aromatic heterocycles. The van der Waals surface area contributed by atoms with Crippen molar-refractivity contribution in [3.8, 4) is 0 Å². The number of benzene rings is 2. The summed E-state index contributed by atoms with van der Waals surface area (Å²) in [5, 5.41) is 3.58. The van der Waals surface area contributed by atoms with Crippen LogP contribution in [0.15, 0.2) is 66.9 Å². The van der Waals surface area contributed by atoms with E-state index in [0.717, 1.165) is 10.9 Å². The van der Waals surface area contributed by atoms with Crippen molar-refractivity contribution in [2.45, 2.75) is 12.5 Å². The van der Waals surface area contributed by atoms with Crippen molar-refractivity contribution < 1.29 is 9.59 Å². The Labute approximate surface area is 160 Å². The molecule has 2 heterocycles. The van der Waals surface area contributed by atoms with Crippen molar-refractivity contribution in [3.63, 3.8) is 0 Å². The number of carbonyl (C=O) groups excluding carboxylic acids is 2. The van der Waals surface area contributed by atoms with Gasteiger partial charge in [0.25, 0.3) is 5.91 Å². The second-order valence-electron chi connectivity index (χ2n) is 6.37. The Bertz CT molecular complexity index is 1190. The standard InChI is InChI=1S/C21H17N5O2/c22-20(27)19(11-14-12-23-16-7-3-4-8-17(16)24-14)26-21(28)18-10-9-13-5-1-2-6-15(13)25-18/h1-10,12,19H,11H2,(H2,22,27)(H,26,28)/t19-/m0/s1. The number of nitrogens with one attached hydrogen (secondary N) is 1. The van der Waals surface area contributed by atoms with Crippen LogP contribution in [-0.2, 0) is 11.2 Å². The van der Waals surface area contributed by atoms with Crippen molar-refractivity contribution in [3.05, 3.63) is 78.2 Å². The fraction of sp³-hybridized carbons (Fsp3) is 0.0952. The lowest BCUT2D eigenvalue weighted by Crippen LogP contribution is -2.46. The van der Waals surface area contributed by atoms with Crippen molar-refractivity contribution in [2.24, 2.45) is 5.73 Å². The molecule has 4 rings (SSSR count). The van der Waals surface area contributed by atoms with Gasteiger partial charge in [0.15, 0.2) is 0 Å². The Balaban J connectivity index is 1.55. The molecule has 0 radical (unpaired) electrons. The molecule has 28 heavy (non-hydrogen) atoms.